The summed E-state index contributed by atoms with van der Waals surface area (Å²) >= 11 is 6.19. The molecule has 4 nitrogen and oxygen atoms in total. The van der Waals surface area contributed by atoms with Crippen LogP contribution in [-0.2, 0) is 13.2 Å². The number of allylic oxidation sites excluding steroid dienone is 1. The molecule has 0 atom stereocenters. The summed E-state index contributed by atoms with van der Waals surface area (Å²) in [6.07, 6.45) is 3.64. The number of nitrogens with zero attached hydrogens (tertiary/aromatic N) is 3. The van der Waals surface area contributed by atoms with Gasteiger partial charge in [0.15, 0.2) is 0 Å². The molecule has 4 rings (SSSR count). The van der Waals surface area contributed by atoms with Crippen molar-refractivity contribution in [2.75, 3.05) is 0 Å². The SMILES string of the molecule is N#C/C(=C/c1cccc(OCc2ccccc2Cl)c1)Cn1cnc2ccccc21. The largest absolute Gasteiger partial charge is 0.489 e. The van der Waals surface area contributed by atoms with E-state index in [0.717, 1.165) is 27.9 Å². The van der Waals surface area contributed by atoms with E-state index in [1.807, 2.05) is 83.4 Å². The van der Waals surface area contributed by atoms with Gasteiger partial charge in [-0.2, -0.15) is 5.26 Å². The normalized spacial score (nSPS) is 11.4. The average Bonchev–Trinajstić information content (AvgIpc) is 3.16. The molecule has 1 aromatic heterocycles. The molecule has 0 saturated carbocycles. The third kappa shape index (κ3) is 4.48. The van der Waals surface area contributed by atoms with Gasteiger partial charge >= 0.3 is 0 Å². The molecule has 0 aliphatic heterocycles. The molecule has 0 saturated heterocycles. The molecule has 0 aliphatic rings. The highest BCUT2D eigenvalue weighted by molar-refractivity contribution is 6.31. The molecule has 3 aromatic carbocycles. The second-order valence-corrected chi connectivity index (χ2v) is 7.00. The Labute approximate surface area is 174 Å². The molecule has 0 unspecified atom stereocenters. The van der Waals surface area contributed by atoms with Gasteiger partial charge in [-0.25, -0.2) is 4.98 Å². The predicted octanol–water partition coefficient (Wildman–Crippen LogP) is 5.88. The molecule has 0 radical (unpaired) electrons. The van der Waals surface area contributed by atoms with Crippen LogP contribution in [0.5, 0.6) is 5.75 Å². The molecule has 0 aliphatic carbocycles. The summed E-state index contributed by atoms with van der Waals surface area (Å²) in [4.78, 5) is 4.38. The monoisotopic (exact) mass is 399 g/mol. The number of imidazole rings is 1. The van der Waals surface area contributed by atoms with Gasteiger partial charge in [-0.15, -0.1) is 0 Å². The van der Waals surface area contributed by atoms with Gasteiger partial charge in [0, 0.05) is 16.2 Å². The van der Waals surface area contributed by atoms with Crippen molar-refractivity contribution in [2.45, 2.75) is 13.2 Å². The van der Waals surface area contributed by atoms with Gasteiger partial charge in [-0.1, -0.05) is 54.1 Å². The van der Waals surface area contributed by atoms with Crippen molar-refractivity contribution in [3.63, 3.8) is 0 Å². The standard InChI is InChI=1S/C24H18ClN3O/c25-22-9-2-1-7-20(22)16-29-21-8-5-6-18(13-21)12-19(14-26)15-28-17-27-23-10-3-4-11-24(23)28/h1-13,17H,15-16H2/b19-12-. The number of nitriles is 1. The molecule has 0 fully saturated rings. The third-order valence-electron chi connectivity index (χ3n) is 4.56. The van der Waals surface area contributed by atoms with Gasteiger partial charge < -0.3 is 9.30 Å². The summed E-state index contributed by atoms with van der Waals surface area (Å²) in [6.45, 7) is 0.848. The molecular weight excluding hydrogens is 382 g/mol. The summed E-state index contributed by atoms with van der Waals surface area (Å²) < 4.78 is 7.85. The number of fused-ring (bicyclic) bond motifs is 1. The van der Waals surface area contributed by atoms with Gasteiger partial charge in [0.2, 0.25) is 0 Å². The minimum atomic E-state index is 0.388. The zero-order valence-electron chi connectivity index (χ0n) is 15.6. The number of rotatable bonds is 6. The molecule has 4 aromatic rings. The number of para-hydroxylation sites is 2. The zero-order chi connectivity index (χ0) is 20.1. The van der Waals surface area contributed by atoms with Crippen molar-refractivity contribution >= 4 is 28.7 Å². The molecule has 142 valence electrons. The van der Waals surface area contributed by atoms with Gasteiger partial charge in [0.1, 0.15) is 12.4 Å². The van der Waals surface area contributed by atoms with E-state index >= 15 is 0 Å². The fourth-order valence-corrected chi connectivity index (χ4v) is 3.30. The number of ether oxygens (including phenoxy) is 1. The summed E-state index contributed by atoms with van der Waals surface area (Å²) in [5.41, 5.74) is 4.39. The lowest BCUT2D eigenvalue weighted by Crippen LogP contribution is -1.98. The maximum atomic E-state index is 9.61. The summed E-state index contributed by atoms with van der Waals surface area (Å²) in [5.74, 6) is 0.726. The highest BCUT2D eigenvalue weighted by atomic mass is 35.5. The van der Waals surface area contributed by atoms with Crippen LogP contribution >= 0.6 is 11.6 Å². The van der Waals surface area contributed by atoms with Crippen LogP contribution in [0.3, 0.4) is 0 Å². The molecular formula is C24H18ClN3O. The quantitative estimate of drug-likeness (QED) is 0.380. The van der Waals surface area contributed by atoms with Crippen LogP contribution in [0.25, 0.3) is 17.1 Å². The van der Waals surface area contributed by atoms with Crippen LogP contribution in [0.15, 0.2) is 84.7 Å². The predicted molar refractivity (Wildman–Crippen MR) is 116 cm³/mol. The van der Waals surface area contributed by atoms with E-state index in [-0.39, 0.29) is 0 Å². The van der Waals surface area contributed by atoms with Crippen LogP contribution in [0.4, 0.5) is 0 Å². The molecule has 5 heteroatoms. The van der Waals surface area contributed by atoms with Crippen molar-refractivity contribution in [1.29, 1.82) is 5.26 Å². The Morgan fingerprint density at radius 1 is 1.07 bits per heavy atom. The van der Waals surface area contributed by atoms with Gasteiger partial charge in [-0.05, 0) is 42.0 Å². The first-order valence-electron chi connectivity index (χ1n) is 9.20. The van der Waals surface area contributed by atoms with Crippen molar-refractivity contribution in [3.8, 4) is 11.8 Å². The van der Waals surface area contributed by atoms with Crippen molar-refractivity contribution in [2.24, 2.45) is 0 Å². The fourth-order valence-electron chi connectivity index (χ4n) is 3.10. The summed E-state index contributed by atoms with van der Waals surface area (Å²) in [6, 6.07) is 25.5. The van der Waals surface area contributed by atoms with Crippen LogP contribution in [0.2, 0.25) is 5.02 Å². The minimum Gasteiger partial charge on any atom is -0.489 e. The Balaban J connectivity index is 1.51. The lowest BCUT2D eigenvalue weighted by molar-refractivity contribution is 0.306. The van der Waals surface area contributed by atoms with E-state index in [2.05, 4.69) is 11.1 Å². The second-order valence-electron chi connectivity index (χ2n) is 6.60. The number of halogens is 1. The number of aromatic nitrogens is 2. The molecule has 29 heavy (non-hydrogen) atoms. The first kappa shape index (κ1) is 18.8. The Bertz CT molecular complexity index is 1220. The first-order chi connectivity index (χ1) is 14.2. The fraction of sp³-hybridized carbons (Fsp3) is 0.0833. The van der Waals surface area contributed by atoms with Crippen molar-refractivity contribution in [1.82, 2.24) is 9.55 Å². The van der Waals surface area contributed by atoms with E-state index in [0.29, 0.717) is 23.7 Å². The Morgan fingerprint density at radius 3 is 2.76 bits per heavy atom. The van der Waals surface area contributed by atoms with E-state index in [4.69, 9.17) is 16.3 Å². The van der Waals surface area contributed by atoms with E-state index in [1.54, 1.807) is 6.33 Å². The van der Waals surface area contributed by atoms with Crippen LogP contribution in [0.1, 0.15) is 11.1 Å². The Hall–Kier alpha value is -3.55. The number of hydrogen-bond donors (Lipinski definition) is 0. The van der Waals surface area contributed by atoms with Crippen molar-refractivity contribution < 1.29 is 4.74 Å². The van der Waals surface area contributed by atoms with E-state index < -0.39 is 0 Å². The highest BCUT2D eigenvalue weighted by Gasteiger charge is 2.05. The molecule has 0 bridgehead atoms. The van der Waals surface area contributed by atoms with E-state index in [1.165, 1.54) is 0 Å². The van der Waals surface area contributed by atoms with Gasteiger partial charge in [0.05, 0.1) is 30.0 Å². The molecule has 0 N–H and O–H groups in total. The summed E-state index contributed by atoms with van der Waals surface area (Å²) in [7, 11) is 0. The smallest absolute Gasteiger partial charge is 0.120 e. The maximum Gasteiger partial charge on any atom is 0.120 e. The Kier molecular flexibility index (Phi) is 5.60. The van der Waals surface area contributed by atoms with Crippen LogP contribution < -0.4 is 4.74 Å². The zero-order valence-corrected chi connectivity index (χ0v) is 16.4. The van der Waals surface area contributed by atoms with Gasteiger partial charge in [-0.3, -0.25) is 0 Å². The molecule has 1 heterocycles. The third-order valence-corrected chi connectivity index (χ3v) is 4.93. The number of hydrogen-bond acceptors (Lipinski definition) is 3. The van der Waals surface area contributed by atoms with Crippen molar-refractivity contribution in [3.05, 3.63) is 101 Å². The Morgan fingerprint density at radius 2 is 1.90 bits per heavy atom. The first-order valence-corrected chi connectivity index (χ1v) is 9.57. The average molecular weight is 400 g/mol. The van der Waals surface area contributed by atoms with Gasteiger partial charge in [0.25, 0.3) is 0 Å². The molecule has 0 amide bonds. The van der Waals surface area contributed by atoms with E-state index in [9.17, 15) is 5.26 Å². The second kappa shape index (κ2) is 8.64. The minimum absolute atomic E-state index is 0.388. The topological polar surface area (TPSA) is 50.8 Å². The van der Waals surface area contributed by atoms with Crippen LogP contribution in [0, 0.1) is 11.3 Å². The lowest BCUT2D eigenvalue weighted by Gasteiger charge is -2.09. The highest BCUT2D eigenvalue weighted by Crippen LogP contribution is 2.21. The lowest BCUT2D eigenvalue weighted by atomic mass is 10.1. The number of benzene rings is 3. The maximum absolute atomic E-state index is 9.61. The van der Waals surface area contributed by atoms with Crippen LogP contribution in [-0.4, -0.2) is 9.55 Å². The molecule has 0 spiro atoms. The summed E-state index contributed by atoms with van der Waals surface area (Å²) in [5, 5.41) is 10.3.